The number of esters is 1. The topological polar surface area (TPSA) is 91.3 Å². The lowest BCUT2D eigenvalue weighted by atomic mass is 10.1. The first-order valence-corrected chi connectivity index (χ1v) is 26.7. The van der Waals surface area contributed by atoms with E-state index in [4.69, 9.17) is 18.5 Å². The number of unbranched alkanes of at least 4 members (excludes halogenated alkanes) is 27. The van der Waals surface area contributed by atoms with Crippen molar-refractivity contribution in [3.8, 4) is 0 Å². The Morgan fingerprint density at radius 1 is 0.517 bits per heavy atom. The van der Waals surface area contributed by atoms with Gasteiger partial charge in [-0.15, -0.1) is 0 Å². The minimum absolute atomic E-state index is 0.0867. The molecule has 2 atom stereocenters. The Hall–Kier alpha value is -1.28. The first-order chi connectivity index (χ1) is 29.1. The van der Waals surface area contributed by atoms with Crippen LogP contribution in [-0.4, -0.2) is 75.6 Å². The van der Waals surface area contributed by atoms with Crippen LogP contribution in [0.1, 0.15) is 226 Å². The third-order valence-corrected chi connectivity index (χ3v) is 11.9. The second-order valence-electron chi connectivity index (χ2n) is 18.2. The SMILES string of the molecule is CCCCCCC/C=C\C/C=C\CCCCCCCCCCCCOCC(COP(=O)(O)OCC[N+](C)(C)C)OC(=O)CCCCCCC/C=C\CCCCCCCCC. The third kappa shape index (κ3) is 47.8. The zero-order valence-electron chi connectivity index (χ0n) is 40.2. The molecule has 0 spiro atoms. The number of nitrogens with zero attached hydrogens (tertiary/aromatic N) is 1. The summed E-state index contributed by atoms with van der Waals surface area (Å²) >= 11 is 0. The van der Waals surface area contributed by atoms with Crippen LogP contribution in [0.3, 0.4) is 0 Å². The van der Waals surface area contributed by atoms with Crippen molar-refractivity contribution < 1.29 is 37.3 Å². The molecule has 0 saturated carbocycles. The summed E-state index contributed by atoms with van der Waals surface area (Å²) in [6.07, 6.45) is 53.3. The highest BCUT2D eigenvalue weighted by molar-refractivity contribution is 7.47. The molecule has 0 radical (unpaired) electrons. The Morgan fingerprint density at radius 2 is 0.917 bits per heavy atom. The lowest BCUT2D eigenvalue weighted by Gasteiger charge is -2.24. The number of phosphoric acid groups is 1. The van der Waals surface area contributed by atoms with Gasteiger partial charge in [-0.1, -0.05) is 185 Å². The minimum atomic E-state index is -4.28. The summed E-state index contributed by atoms with van der Waals surface area (Å²) in [6.45, 7) is 5.62. The summed E-state index contributed by atoms with van der Waals surface area (Å²) < 4.78 is 35.1. The van der Waals surface area contributed by atoms with Crippen LogP contribution < -0.4 is 0 Å². The van der Waals surface area contributed by atoms with Crippen LogP contribution in [0.15, 0.2) is 36.5 Å². The smallest absolute Gasteiger partial charge is 0.457 e. The van der Waals surface area contributed by atoms with E-state index >= 15 is 0 Å². The monoisotopic (exact) mass is 869 g/mol. The van der Waals surface area contributed by atoms with Crippen molar-refractivity contribution in [3.63, 3.8) is 0 Å². The van der Waals surface area contributed by atoms with Crippen molar-refractivity contribution in [1.82, 2.24) is 0 Å². The van der Waals surface area contributed by atoms with Crippen LogP contribution in [0, 0.1) is 0 Å². The molecule has 2 unspecified atom stereocenters. The van der Waals surface area contributed by atoms with Crippen molar-refractivity contribution in [1.29, 1.82) is 0 Å². The molecule has 0 heterocycles. The summed E-state index contributed by atoms with van der Waals surface area (Å²) in [5.74, 6) is -0.321. The molecule has 0 aromatic rings. The number of ether oxygens (including phenoxy) is 2. The molecule has 0 bridgehead atoms. The van der Waals surface area contributed by atoms with Gasteiger partial charge in [-0.2, -0.15) is 0 Å². The third-order valence-electron chi connectivity index (χ3n) is 10.9. The van der Waals surface area contributed by atoms with E-state index in [1.165, 1.54) is 154 Å². The van der Waals surface area contributed by atoms with Gasteiger partial charge in [-0.3, -0.25) is 13.8 Å². The summed E-state index contributed by atoms with van der Waals surface area (Å²) in [5.41, 5.74) is 0. The molecule has 0 aliphatic rings. The highest BCUT2D eigenvalue weighted by Crippen LogP contribution is 2.43. The van der Waals surface area contributed by atoms with Crippen molar-refractivity contribution in [3.05, 3.63) is 36.5 Å². The average Bonchev–Trinajstić information content (AvgIpc) is 3.20. The number of hydrogen-bond donors (Lipinski definition) is 1. The Labute approximate surface area is 372 Å². The number of likely N-dealkylation sites (N-methyl/N-ethyl adjacent to an activating group) is 1. The predicted molar refractivity (Wildman–Crippen MR) is 256 cm³/mol. The first kappa shape index (κ1) is 58.7. The van der Waals surface area contributed by atoms with Gasteiger partial charge >= 0.3 is 13.8 Å². The first-order valence-electron chi connectivity index (χ1n) is 25.2. The normalized spacial score (nSPS) is 13.9. The van der Waals surface area contributed by atoms with E-state index in [2.05, 4.69) is 50.3 Å². The van der Waals surface area contributed by atoms with E-state index in [0.29, 0.717) is 24.1 Å². The predicted octanol–water partition coefficient (Wildman–Crippen LogP) is 15.3. The van der Waals surface area contributed by atoms with Crippen LogP contribution in [0.2, 0.25) is 0 Å². The maximum absolute atomic E-state index is 12.7. The molecule has 0 aromatic heterocycles. The molecule has 0 aliphatic carbocycles. The summed E-state index contributed by atoms with van der Waals surface area (Å²) in [7, 11) is 1.66. The van der Waals surface area contributed by atoms with E-state index in [0.717, 1.165) is 51.4 Å². The van der Waals surface area contributed by atoms with Crippen molar-refractivity contribution in [2.45, 2.75) is 232 Å². The Kier molecular flexibility index (Phi) is 43.4. The molecule has 0 rings (SSSR count). The Balaban J connectivity index is 4.15. The molecule has 60 heavy (non-hydrogen) atoms. The van der Waals surface area contributed by atoms with Gasteiger partial charge in [0.1, 0.15) is 19.3 Å². The molecule has 354 valence electrons. The molecule has 0 aliphatic heterocycles. The summed E-state index contributed by atoms with van der Waals surface area (Å²) in [4.78, 5) is 23.0. The number of carbonyl (C=O) groups is 1. The van der Waals surface area contributed by atoms with Gasteiger partial charge in [-0.25, -0.2) is 4.57 Å². The minimum Gasteiger partial charge on any atom is -0.457 e. The van der Waals surface area contributed by atoms with Crippen LogP contribution >= 0.6 is 7.82 Å². The zero-order valence-corrected chi connectivity index (χ0v) is 41.1. The number of hydrogen-bond acceptors (Lipinski definition) is 6. The highest BCUT2D eigenvalue weighted by Gasteiger charge is 2.26. The molecular weight excluding hydrogens is 770 g/mol. The number of allylic oxidation sites excluding steroid dienone is 6. The van der Waals surface area contributed by atoms with Crippen LogP contribution in [0.5, 0.6) is 0 Å². The van der Waals surface area contributed by atoms with Gasteiger partial charge < -0.3 is 18.9 Å². The summed E-state index contributed by atoms with van der Waals surface area (Å²) in [6, 6.07) is 0. The van der Waals surface area contributed by atoms with Crippen molar-refractivity contribution in [2.24, 2.45) is 0 Å². The number of carbonyl (C=O) groups excluding carboxylic acids is 1. The molecule has 0 aromatic carbocycles. The summed E-state index contributed by atoms with van der Waals surface area (Å²) in [5, 5.41) is 0. The molecule has 1 N–H and O–H groups in total. The van der Waals surface area contributed by atoms with Gasteiger partial charge in [0.05, 0.1) is 34.4 Å². The van der Waals surface area contributed by atoms with Gasteiger partial charge in [0, 0.05) is 13.0 Å². The lowest BCUT2D eigenvalue weighted by molar-refractivity contribution is -0.870. The molecule has 8 nitrogen and oxygen atoms in total. The van der Waals surface area contributed by atoms with Gasteiger partial charge in [-0.05, 0) is 70.6 Å². The van der Waals surface area contributed by atoms with Crippen LogP contribution in [0.25, 0.3) is 0 Å². The van der Waals surface area contributed by atoms with Crippen molar-refractivity contribution in [2.75, 3.05) is 54.1 Å². The fourth-order valence-corrected chi connectivity index (χ4v) is 7.73. The van der Waals surface area contributed by atoms with Crippen LogP contribution in [-0.2, 0) is 27.9 Å². The van der Waals surface area contributed by atoms with E-state index < -0.39 is 13.9 Å². The standard InChI is InChI=1S/C51H98NO7P/c1-6-8-10-12-14-16-18-20-22-24-25-26-27-28-29-31-33-35-37-39-41-43-46-56-48-50(49-58-60(54,55)57-47-45-52(3,4)5)59-51(53)44-42-40-38-36-34-32-30-23-21-19-17-15-13-11-9-7-2/h18,20,23-25,30,50H,6-17,19,21-22,26-29,31-49H2,1-5H3/p+1/b20-18-,25-24-,30-23-. The van der Waals surface area contributed by atoms with E-state index in [1.807, 2.05) is 21.1 Å². The molecule has 0 fully saturated rings. The van der Waals surface area contributed by atoms with Gasteiger partial charge in [0.25, 0.3) is 0 Å². The number of quaternary nitrogens is 1. The second-order valence-corrected chi connectivity index (χ2v) is 19.6. The van der Waals surface area contributed by atoms with Crippen molar-refractivity contribution >= 4 is 13.8 Å². The Bertz CT molecular complexity index is 1060. The number of phosphoric ester groups is 1. The molecule has 0 saturated heterocycles. The quantitative estimate of drug-likeness (QED) is 0.0214. The Morgan fingerprint density at radius 3 is 1.37 bits per heavy atom. The fourth-order valence-electron chi connectivity index (χ4n) is 6.99. The molecule has 0 amide bonds. The zero-order chi connectivity index (χ0) is 44.1. The maximum Gasteiger partial charge on any atom is 0.472 e. The lowest BCUT2D eigenvalue weighted by Crippen LogP contribution is -2.37. The maximum atomic E-state index is 12.7. The molecule has 9 heteroatoms. The average molecular weight is 869 g/mol. The largest absolute Gasteiger partial charge is 0.472 e. The number of rotatable bonds is 47. The second kappa shape index (κ2) is 44.3. The highest BCUT2D eigenvalue weighted by atomic mass is 31.2. The van der Waals surface area contributed by atoms with E-state index in [-0.39, 0.29) is 25.8 Å². The van der Waals surface area contributed by atoms with E-state index in [9.17, 15) is 14.3 Å². The van der Waals surface area contributed by atoms with E-state index in [1.54, 1.807) is 0 Å². The van der Waals surface area contributed by atoms with Gasteiger partial charge in [0.15, 0.2) is 0 Å². The van der Waals surface area contributed by atoms with Crippen LogP contribution in [0.4, 0.5) is 0 Å². The van der Waals surface area contributed by atoms with Gasteiger partial charge in [0.2, 0.25) is 0 Å². The fraction of sp³-hybridized carbons (Fsp3) is 0.863. The molecular formula is C51H99NO7P+.